The van der Waals surface area contributed by atoms with E-state index in [-0.39, 0.29) is 18.5 Å². The van der Waals surface area contributed by atoms with E-state index in [1.54, 1.807) is 18.9 Å². The average Bonchev–Trinajstić information content (AvgIpc) is 3.39. The number of methoxy groups -OCH3 is 1. The Balaban J connectivity index is 1.76. The second kappa shape index (κ2) is 9.53. The molecule has 166 valence electrons. The van der Waals surface area contributed by atoms with Crippen molar-refractivity contribution in [3.8, 4) is 0 Å². The zero-order chi connectivity index (χ0) is 21.9. The van der Waals surface area contributed by atoms with Crippen LogP contribution in [0.5, 0.6) is 0 Å². The molecule has 1 aliphatic heterocycles. The number of aliphatic hydroxyl groups is 2. The predicted molar refractivity (Wildman–Crippen MR) is 119 cm³/mol. The first kappa shape index (κ1) is 23.5. The van der Waals surface area contributed by atoms with E-state index in [4.69, 9.17) is 9.47 Å². The van der Waals surface area contributed by atoms with Crippen LogP contribution < -0.4 is 0 Å². The summed E-state index contributed by atoms with van der Waals surface area (Å²) in [6, 6.07) is 7.79. The van der Waals surface area contributed by atoms with Crippen LogP contribution in [0.25, 0.3) is 0 Å². The first-order valence-electron chi connectivity index (χ1n) is 10.6. The summed E-state index contributed by atoms with van der Waals surface area (Å²) in [5, 5.41) is 21.3. The highest BCUT2D eigenvalue weighted by Crippen LogP contribution is 2.54. The van der Waals surface area contributed by atoms with Crippen molar-refractivity contribution in [2.45, 2.75) is 75.8 Å². The van der Waals surface area contributed by atoms with Gasteiger partial charge in [-0.15, -0.1) is 0 Å². The summed E-state index contributed by atoms with van der Waals surface area (Å²) in [5.41, 5.74) is 1.56. The number of thioether (sulfide) groups is 1. The fourth-order valence-corrected chi connectivity index (χ4v) is 6.01. The number of carbonyl (C=O) groups is 1. The zero-order valence-corrected chi connectivity index (χ0v) is 19.2. The van der Waals surface area contributed by atoms with E-state index in [1.165, 1.54) is 5.57 Å². The number of aliphatic hydroxyl groups excluding tert-OH is 1. The largest absolute Gasteiger partial charge is 0.392 e. The molecular weight excluding hydrogens is 400 g/mol. The maximum atomic E-state index is 12.6. The summed E-state index contributed by atoms with van der Waals surface area (Å²) in [5.74, 6) is 0.808. The van der Waals surface area contributed by atoms with Crippen LogP contribution in [-0.2, 0) is 26.6 Å². The van der Waals surface area contributed by atoms with Gasteiger partial charge in [0, 0.05) is 25.0 Å². The number of allylic oxidation sites excluding steroid dienone is 1. The summed E-state index contributed by atoms with van der Waals surface area (Å²) < 4.78 is 11.7. The Hall–Kier alpha value is -1.18. The second-order valence-corrected chi connectivity index (χ2v) is 9.92. The van der Waals surface area contributed by atoms with Gasteiger partial charge in [-0.1, -0.05) is 35.9 Å². The number of carbonyl (C=O) groups excluding carboxylic acids is 1. The van der Waals surface area contributed by atoms with E-state index in [9.17, 15) is 15.0 Å². The fraction of sp³-hybridized carbons (Fsp3) is 0.625. The molecule has 1 saturated carbocycles. The molecule has 2 aliphatic rings. The van der Waals surface area contributed by atoms with Gasteiger partial charge in [0.2, 0.25) is 0 Å². The Labute approximate surface area is 183 Å². The van der Waals surface area contributed by atoms with E-state index >= 15 is 0 Å². The van der Waals surface area contributed by atoms with Crippen LogP contribution in [0.3, 0.4) is 0 Å². The number of Topliss-reactive ketones (excluding diaryl/α,β-unsaturated/α-hetero) is 1. The van der Waals surface area contributed by atoms with Gasteiger partial charge in [0.15, 0.2) is 5.78 Å². The highest BCUT2D eigenvalue weighted by molar-refractivity contribution is 7.98. The van der Waals surface area contributed by atoms with Crippen LogP contribution in [0.2, 0.25) is 0 Å². The first-order chi connectivity index (χ1) is 14.2. The average molecular weight is 435 g/mol. The van der Waals surface area contributed by atoms with Crippen molar-refractivity contribution in [1.82, 2.24) is 0 Å². The summed E-state index contributed by atoms with van der Waals surface area (Å²) in [4.78, 5) is 12.6. The van der Waals surface area contributed by atoms with Crippen molar-refractivity contribution in [1.29, 1.82) is 0 Å². The molecule has 1 heterocycles. The van der Waals surface area contributed by atoms with Gasteiger partial charge in [-0.2, -0.15) is 11.8 Å². The lowest BCUT2D eigenvalue weighted by Gasteiger charge is -2.45. The first-order valence-corrected chi connectivity index (χ1v) is 11.7. The minimum absolute atomic E-state index is 0.00182. The molecule has 6 heteroatoms. The lowest BCUT2D eigenvalue weighted by Crippen LogP contribution is -2.59. The Bertz CT molecular complexity index is 790. The van der Waals surface area contributed by atoms with E-state index in [0.717, 1.165) is 17.5 Å². The van der Waals surface area contributed by atoms with E-state index in [2.05, 4.69) is 19.9 Å². The quantitative estimate of drug-likeness (QED) is 0.456. The third-order valence-corrected chi connectivity index (χ3v) is 7.71. The van der Waals surface area contributed by atoms with E-state index in [1.807, 2.05) is 31.2 Å². The number of rotatable bonds is 9. The maximum absolute atomic E-state index is 12.6. The predicted octanol–water partition coefficient (Wildman–Crippen LogP) is 3.65. The zero-order valence-electron chi connectivity index (χ0n) is 18.4. The van der Waals surface area contributed by atoms with Crippen LogP contribution >= 0.6 is 11.8 Å². The van der Waals surface area contributed by atoms with Gasteiger partial charge in [0.25, 0.3) is 0 Å². The van der Waals surface area contributed by atoms with Crippen molar-refractivity contribution in [3.63, 3.8) is 0 Å². The second-order valence-electron chi connectivity index (χ2n) is 8.93. The molecule has 1 aliphatic carbocycles. The van der Waals surface area contributed by atoms with Gasteiger partial charge in [0.1, 0.15) is 11.7 Å². The van der Waals surface area contributed by atoms with Crippen molar-refractivity contribution >= 4 is 17.5 Å². The lowest BCUT2D eigenvalue weighted by atomic mass is 9.67. The molecule has 0 radical (unpaired) electrons. The Kier molecular flexibility index (Phi) is 7.46. The van der Waals surface area contributed by atoms with Crippen LogP contribution in [-0.4, -0.2) is 52.3 Å². The molecule has 0 aromatic heterocycles. The highest BCUT2D eigenvalue weighted by atomic mass is 32.2. The van der Waals surface area contributed by atoms with Gasteiger partial charge in [-0.3, -0.25) is 4.79 Å². The minimum Gasteiger partial charge on any atom is -0.392 e. The molecule has 0 amide bonds. The van der Waals surface area contributed by atoms with Crippen molar-refractivity contribution in [2.24, 2.45) is 5.92 Å². The van der Waals surface area contributed by atoms with Crippen LogP contribution in [0, 0.1) is 5.92 Å². The molecule has 1 aromatic carbocycles. The van der Waals surface area contributed by atoms with Gasteiger partial charge < -0.3 is 19.7 Å². The molecule has 1 aromatic rings. The molecule has 30 heavy (non-hydrogen) atoms. The molecule has 1 saturated heterocycles. The molecule has 3 rings (SSSR count). The molecule has 2 fully saturated rings. The third-order valence-electron chi connectivity index (χ3n) is 6.49. The van der Waals surface area contributed by atoms with Crippen LogP contribution in [0.4, 0.5) is 0 Å². The normalized spacial score (nSPS) is 33.4. The van der Waals surface area contributed by atoms with Crippen molar-refractivity contribution in [3.05, 3.63) is 47.0 Å². The van der Waals surface area contributed by atoms with Crippen LogP contribution in [0.15, 0.2) is 35.9 Å². The molecule has 5 nitrogen and oxygen atoms in total. The Morgan fingerprint density at radius 2 is 2.03 bits per heavy atom. The summed E-state index contributed by atoms with van der Waals surface area (Å²) in [6.45, 7) is 6.11. The third kappa shape index (κ3) is 4.83. The van der Waals surface area contributed by atoms with E-state index < -0.39 is 23.2 Å². The van der Waals surface area contributed by atoms with Crippen molar-refractivity contribution < 1.29 is 24.5 Å². The fourth-order valence-electron chi connectivity index (χ4n) is 4.73. The lowest BCUT2D eigenvalue weighted by molar-refractivity contribution is -0.159. The summed E-state index contributed by atoms with van der Waals surface area (Å²) >= 11 is 1.63. The minimum atomic E-state index is -1.05. The SMILES string of the molecule is COC1C(=O)CCC(O)(CSCc2ccccc2CO)C1C1(C)OC1CC=C(C)C. The number of ketones is 1. The smallest absolute Gasteiger partial charge is 0.162 e. The van der Waals surface area contributed by atoms with Crippen molar-refractivity contribution in [2.75, 3.05) is 12.9 Å². The standard InChI is InChI=1S/C24H34O5S/c1-16(2)9-10-20-23(3,29-20)22-21(28-4)19(26)11-12-24(22,27)15-30-14-18-8-6-5-7-17(18)13-25/h5-9,20-22,25,27H,10-15H2,1-4H3. The number of benzene rings is 1. The molecule has 0 spiro atoms. The van der Waals surface area contributed by atoms with Crippen LogP contribution in [0.1, 0.15) is 51.2 Å². The van der Waals surface area contributed by atoms with Gasteiger partial charge in [0.05, 0.1) is 24.2 Å². The molecular formula is C24H34O5S. The Morgan fingerprint density at radius 1 is 1.33 bits per heavy atom. The number of ether oxygens (including phenoxy) is 2. The molecule has 2 N–H and O–H groups in total. The number of epoxide rings is 1. The molecule has 5 unspecified atom stereocenters. The van der Waals surface area contributed by atoms with E-state index in [0.29, 0.717) is 24.3 Å². The molecule has 5 atom stereocenters. The summed E-state index contributed by atoms with van der Waals surface area (Å²) in [6.07, 6.45) is 2.96. The Morgan fingerprint density at radius 3 is 2.67 bits per heavy atom. The molecule has 0 bridgehead atoms. The number of hydrogen-bond acceptors (Lipinski definition) is 6. The number of hydrogen-bond donors (Lipinski definition) is 2. The maximum Gasteiger partial charge on any atom is 0.162 e. The van der Waals surface area contributed by atoms with Gasteiger partial charge in [-0.25, -0.2) is 0 Å². The topological polar surface area (TPSA) is 79.3 Å². The highest BCUT2D eigenvalue weighted by Gasteiger charge is 2.67. The van der Waals surface area contributed by atoms with Gasteiger partial charge >= 0.3 is 0 Å². The van der Waals surface area contributed by atoms with Gasteiger partial charge in [-0.05, 0) is 44.7 Å². The monoisotopic (exact) mass is 434 g/mol. The summed E-state index contributed by atoms with van der Waals surface area (Å²) in [7, 11) is 1.54.